The first-order valence-electron chi connectivity index (χ1n) is 7.64. The lowest BCUT2D eigenvalue weighted by Gasteiger charge is -2.33. The van der Waals surface area contributed by atoms with Gasteiger partial charge in [0, 0.05) is 19.6 Å². The van der Waals surface area contributed by atoms with Crippen molar-refractivity contribution >= 4 is 5.97 Å². The first-order chi connectivity index (χ1) is 11.1. The number of carboxylic acid groups (broad SMARTS) is 1. The maximum Gasteiger partial charge on any atom is 0.341 e. The summed E-state index contributed by atoms with van der Waals surface area (Å²) < 4.78 is 10.9. The molecule has 2 heterocycles. The Hall–Kier alpha value is -2.18. The third kappa shape index (κ3) is 3.28. The quantitative estimate of drug-likeness (QED) is 0.934. The van der Waals surface area contributed by atoms with Crippen LogP contribution in [0.5, 0.6) is 0 Å². The molecule has 6 nitrogen and oxygen atoms in total. The van der Waals surface area contributed by atoms with E-state index in [9.17, 15) is 9.90 Å². The summed E-state index contributed by atoms with van der Waals surface area (Å²) in [4.78, 5) is 13.5. The van der Waals surface area contributed by atoms with E-state index < -0.39 is 5.97 Å². The van der Waals surface area contributed by atoms with Crippen molar-refractivity contribution in [2.24, 2.45) is 0 Å². The molecule has 3 rings (SSSR count). The lowest BCUT2D eigenvalue weighted by atomic mass is 10.0. The fourth-order valence-electron chi connectivity index (χ4n) is 2.99. The summed E-state index contributed by atoms with van der Waals surface area (Å²) in [6, 6.07) is 8.17. The zero-order chi connectivity index (χ0) is 16.4. The van der Waals surface area contributed by atoms with E-state index in [2.05, 4.69) is 29.1 Å². The molecule has 1 aliphatic rings. The molecule has 0 bridgehead atoms. The number of aromatic nitrogens is 1. The molecule has 1 atom stereocenters. The molecule has 1 N–H and O–H groups in total. The lowest BCUT2D eigenvalue weighted by molar-refractivity contribution is -0.0338. The van der Waals surface area contributed by atoms with Gasteiger partial charge in [0.05, 0.1) is 12.7 Å². The molecule has 1 fully saturated rings. The SMILES string of the molecule is Cc1ccccc1C1CN(Cc2noc(C)c2C(=O)O)CCO1. The Labute approximate surface area is 134 Å². The Bertz CT molecular complexity index is 710. The summed E-state index contributed by atoms with van der Waals surface area (Å²) >= 11 is 0. The molecular weight excluding hydrogens is 296 g/mol. The Morgan fingerprint density at radius 2 is 2.17 bits per heavy atom. The molecule has 1 aliphatic heterocycles. The van der Waals surface area contributed by atoms with Crippen LogP contribution in [-0.2, 0) is 11.3 Å². The third-order valence-corrected chi connectivity index (χ3v) is 4.21. The Balaban J connectivity index is 1.75. The van der Waals surface area contributed by atoms with Crippen LogP contribution in [0.3, 0.4) is 0 Å². The second-order valence-corrected chi connectivity index (χ2v) is 5.82. The number of hydrogen-bond acceptors (Lipinski definition) is 5. The molecule has 23 heavy (non-hydrogen) atoms. The highest BCUT2D eigenvalue weighted by Gasteiger charge is 2.26. The number of carboxylic acids is 1. The van der Waals surface area contributed by atoms with Gasteiger partial charge in [-0.2, -0.15) is 0 Å². The summed E-state index contributed by atoms with van der Waals surface area (Å²) in [7, 11) is 0. The van der Waals surface area contributed by atoms with Gasteiger partial charge in [-0.1, -0.05) is 29.4 Å². The highest BCUT2D eigenvalue weighted by atomic mass is 16.5. The van der Waals surface area contributed by atoms with E-state index in [0.29, 0.717) is 31.2 Å². The number of nitrogens with zero attached hydrogens (tertiary/aromatic N) is 2. The van der Waals surface area contributed by atoms with E-state index >= 15 is 0 Å². The monoisotopic (exact) mass is 316 g/mol. The third-order valence-electron chi connectivity index (χ3n) is 4.21. The predicted octanol–water partition coefficient (Wildman–Crippen LogP) is 2.56. The minimum absolute atomic E-state index is 0.00812. The van der Waals surface area contributed by atoms with E-state index in [4.69, 9.17) is 9.26 Å². The van der Waals surface area contributed by atoms with Crippen molar-refractivity contribution in [3.05, 3.63) is 52.4 Å². The fourth-order valence-corrected chi connectivity index (χ4v) is 2.99. The van der Waals surface area contributed by atoms with Gasteiger partial charge in [-0.3, -0.25) is 4.90 Å². The first kappa shape index (κ1) is 15.7. The summed E-state index contributed by atoms with van der Waals surface area (Å²) in [5, 5.41) is 13.2. The average Bonchev–Trinajstić information content (AvgIpc) is 2.89. The van der Waals surface area contributed by atoms with Crippen LogP contribution in [0.2, 0.25) is 0 Å². The fraction of sp³-hybridized carbons (Fsp3) is 0.412. The molecule has 0 aliphatic carbocycles. The van der Waals surface area contributed by atoms with Crippen molar-refractivity contribution in [1.82, 2.24) is 10.1 Å². The molecule has 122 valence electrons. The largest absolute Gasteiger partial charge is 0.477 e. The number of aromatic carboxylic acids is 1. The van der Waals surface area contributed by atoms with Gasteiger partial charge in [-0.05, 0) is 25.0 Å². The van der Waals surface area contributed by atoms with Crippen LogP contribution in [-0.4, -0.2) is 40.8 Å². The Morgan fingerprint density at radius 1 is 1.39 bits per heavy atom. The highest BCUT2D eigenvalue weighted by Crippen LogP contribution is 2.26. The Kier molecular flexibility index (Phi) is 4.45. The lowest BCUT2D eigenvalue weighted by Crippen LogP contribution is -2.38. The standard InChI is InChI=1S/C17H20N2O4/c1-11-5-3-4-6-13(11)15-10-19(7-8-22-15)9-14-16(17(20)21)12(2)23-18-14/h3-6,15H,7-10H2,1-2H3,(H,20,21). The topological polar surface area (TPSA) is 75.8 Å². The molecule has 0 radical (unpaired) electrons. The minimum Gasteiger partial charge on any atom is -0.477 e. The van der Waals surface area contributed by atoms with Gasteiger partial charge in [0.1, 0.15) is 17.0 Å². The van der Waals surface area contributed by atoms with E-state index in [0.717, 1.165) is 6.54 Å². The van der Waals surface area contributed by atoms with Crippen LogP contribution >= 0.6 is 0 Å². The van der Waals surface area contributed by atoms with Crippen molar-refractivity contribution in [2.75, 3.05) is 19.7 Å². The Morgan fingerprint density at radius 3 is 2.91 bits per heavy atom. The second-order valence-electron chi connectivity index (χ2n) is 5.82. The van der Waals surface area contributed by atoms with E-state index in [-0.39, 0.29) is 11.7 Å². The summed E-state index contributed by atoms with van der Waals surface area (Å²) in [6.45, 7) is 6.20. The molecular formula is C17H20N2O4. The van der Waals surface area contributed by atoms with Crippen LogP contribution in [0, 0.1) is 13.8 Å². The molecule has 1 saturated heterocycles. The normalized spacial score (nSPS) is 19.0. The van der Waals surface area contributed by atoms with Gasteiger partial charge in [0.2, 0.25) is 0 Å². The highest BCUT2D eigenvalue weighted by molar-refractivity contribution is 5.89. The average molecular weight is 316 g/mol. The summed E-state index contributed by atoms with van der Waals surface area (Å²) in [5.74, 6) is -0.654. The number of rotatable bonds is 4. The van der Waals surface area contributed by atoms with Crippen LogP contribution in [0.25, 0.3) is 0 Å². The maximum atomic E-state index is 11.3. The molecule has 0 spiro atoms. The smallest absolute Gasteiger partial charge is 0.341 e. The summed E-state index contributed by atoms with van der Waals surface area (Å²) in [6.07, 6.45) is -0.00812. The van der Waals surface area contributed by atoms with Crippen molar-refractivity contribution in [3.63, 3.8) is 0 Å². The number of morpholine rings is 1. The number of ether oxygens (including phenoxy) is 1. The molecule has 6 heteroatoms. The van der Waals surface area contributed by atoms with Crippen LogP contribution in [0.4, 0.5) is 0 Å². The maximum absolute atomic E-state index is 11.3. The van der Waals surface area contributed by atoms with Gasteiger partial charge in [0.25, 0.3) is 0 Å². The van der Waals surface area contributed by atoms with Gasteiger partial charge in [-0.15, -0.1) is 0 Å². The zero-order valence-electron chi connectivity index (χ0n) is 13.3. The van der Waals surface area contributed by atoms with Crippen molar-refractivity contribution < 1.29 is 19.2 Å². The summed E-state index contributed by atoms with van der Waals surface area (Å²) in [5.41, 5.74) is 3.01. The van der Waals surface area contributed by atoms with Crippen molar-refractivity contribution in [1.29, 1.82) is 0 Å². The number of carbonyl (C=O) groups is 1. The molecule has 1 aromatic carbocycles. The van der Waals surface area contributed by atoms with E-state index in [1.807, 2.05) is 12.1 Å². The van der Waals surface area contributed by atoms with Crippen molar-refractivity contribution in [2.45, 2.75) is 26.5 Å². The van der Waals surface area contributed by atoms with E-state index in [1.165, 1.54) is 11.1 Å². The number of aryl methyl sites for hydroxylation is 2. The molecule has 0 saturated carbocycles. The molecule has 1 unspecified atom stereocenters. The predicted molar refractivity (Wildman–Crippen MR) is 83.3 cm³/mol. The molecule has 0 amide bonds. The van der Waals surface area contributed by atoms with Crippen LogP contribution in [0.15, 0.2) is 28.8 Å². The van der Waals surface area contributed by atoms with Gasteiger partial charge in [-0.25, -0.2) is 4.79 Å². The number of hydrogen-bond donors (Lipinski definition) is 1. The molecule has 2 aromatic rings. The zero-order valence-corrected chi connectivity index (χ0v) is 13.3. The first-order valence-corrected chi connectivity index (χ1v) is 7.64. The second kappa shape index (κ2) is 6.52. The van der Waals surface area contributed by atoms with Crippen LogP contribution < -0.4 is 0 Å². The van der Waals surface area contributed by atoms with Gasteiger partial charge >= 0.3 is 5.97 Å². The molecule has 1 aromatic heterocycles. The van der Waals surface area contributed by atoms with Gasteiger partial charge in [0.15, 0.2) is 0 Å². The minimum atomic E-state index is -0.998. The van der Waals surface area contributed by atoms with Crippen molar-refractivity contribution in [3.8, 4) is 0 Å². The van der Waals surface area contributed by atoms with Crippen LogP contribution in [0.1, 0.15) is 39.0 Å². The van der Waals surface area contributed by atoms with Gasteiger partial charge < -0.3 is 14.4 Å². The number of benzene rings is 1. The van der Waals surface area contributed by atoms with E-state index in [1.54, 1.807) is 6.92 Å².